The van der Waals surface area contributed by atoms with E-state index < -0.39 is 0 Å². The van der Waals surface area contributed by atoms with Gasteiger partial charge in [-0.3, -0.25) is 0 Å². The minimum absolute atomic E-state index is 0.720. The summed E-state index contributed by atoms with van der Waals surface area (Å²) in [6.07, 6.45) is 2.33. The van der Waals surface area contributed by atoms with Gasteiger partial charge < -0.3 is 14.5 Å². The first-order valence-electron chi connectivity index (χ1n) is 8.62. The SMILES string of the molecule is CN1CCN(CCCc2ccc(Oc3ccc(Cl)cc3)cc2)CC1. The lowest BCUT2D eigenvalue weighted by molar-refractivity contribution is 0.153. The maximum Gasteiger partial charge on any atom is 0.127 e. The summed E-state index contributed by atoms with van der Waals surface area (Å²) in [6, 6.07) is 15.8. The zero-order chi connectivity index (χ0) is 16.8. The van der Waals surface area contributed by atoms with Crippen molar-refractivity contribution in [3.05, 3.63) is 59.1 Å². The molecule has 0 amide bonds. The normalized spacial score (nSPS) is 16.2. The maximum atomic E-state index is 5.89. The minimum Gasteiger partial charge on any atom is -0.457 e. The van der Waals surface area contributed by atoms with Crippen molar-refractivity contribution >= 4 is 11.6 Å². The smallest absolute Gasteiger partial charge is 0.127 e. The highest BCUT2D eigenvalue weighted by atomic mass is 35.5. The first kappa shape index (κ1) is 17.3. The quantitative estimate of drug-likeness (QED) is 0.776. The third-order valence-electron chi connectivity index (χ3n) is 4.51. The first-order valence-corrected chi connectivity index (χ1v) is 9.00. The predicted molar refractivity (Wildman–Crippen MR) is 100 cm³/mol. The number of aryl methyl sites for hydroxylation is 1. The highest BCUT2D eigenvalue weighted by Crippen LogP contribution is 2.23. The molecule has 1 fully saturated rings. The van der Waals surface area contributed by atoms with Gasteiger partial charge in [0.25, 0.3) is 0 Å². The highest BCUT2D eigenvalue weighted by molar-refractivity contribution is 6.30. The molecule has 2 aromatic carbocycles. The Balaban J connectivity index is 1.43. The lowest BCUT2D eigenvalue weighted by Crippen LogP contribution is -2.44. The van der Waals surface area contributed by atoms with Crippen LogP contribution in [-0.4, -0.2) is 49.6 Å². The molecule has 0 saturated carbocycles. The molecular formula is C20H25ClN2O. The molecular weight excluding hydrogens is 320 g/mol. The van der Waals surface area contributed by atoms with Gasteiger partial charge in [-0.25, -0.2) is 0 Å². The van der Waals surface area contributed by atoms with Gasteiger partial charge in [0.1, 0.15) is 11.5 Å². The summed E-state index contributed by atoms with van der Waals surface area (Å²) < 4.78 is 5.83. The Labute approximate surface area is 149 Å². The number of rotatable bonds is 6. The Morgan fingerprint density at radius 1 is 0.875 bits per heavy atom. The Bertz CT molecular complexity index is 619. The summed E-state index contributed by atoms with van der Waals surface area (Å²) in [7, 11) is 2.20. The van der Waals surface area contributed by atoms with Crippen LogP contribution in [0.5, 0.6) is 11.5 Å². The number of hydrogen-bond donors (Lipinski definition) is 0. The molecule has 24 heavy (non-hydrogen) atoms. The lowest BCUT2D eigenvalue weighted by atomic mass is 10.1. The van der Waals surface area contributed by atoms with Crippen molar-refractivity contribution < 1.29 is 4.74 Å². The van der Waals surface area contributed by atoms with Crippen LogP contribution < -0.4 is 4.74 Å². The summed E-state index contributed by atoms with van der Waals surface area (Å²) in [5, 5.41) is 0.720. The van der Waals surface area contributed by atoms with E-state index in [0.717, 1.165) is 22.9 Å². The van der Waals surface area contributed by atoms with E-state index in [9.17, 15) is 0 Å². The fourth-order valence-electron chi connectivity index (χ4n) is 2.94. The van der Waals surface area contributed by atoms with Gasteiger partial charge in [0.05, 0.1) is 0 Å². The molecule has 0 radical (unpaired) electrons. The van der Waals surface area contributed by atoms with E-state index in [1.807, 2.05) is 36.4 Å². The van der Waals surface area contributed by atoms with E-state index in [4.69, 9.17) is 16.3 Å². The van der Waals surface area contributed by atoms with Crippen LogP contribution in [0.3, 0.4) is 0 Å². The number of likely N-dealkylation sites (N-methyl/N-ethyl adjacent to an activating group) is 1. The third-order valence-corrected chi connectivity index (χ3v) is 4.76. The predicted octanol–water partition coefficient (Wildman–Crippen LogP) is 4.31. The molecule has 0 spiro atoms. The first-order chi connectivity index (χ1) is 11.7. The van der Waals surface area contributed by atoms with Gasteiger partial charge >= 0.3 is 0 Å². The fraction of sp³-hybridized carbons (Fsp3) is 0.400. The van der Waals surface area contributed by atoms with Crippen molar-refractivity contribution in [3.8, 4) is 11.5 Å². The van der Waals surface area contributed by atoms with Crippen molar-refractivity contribution in [3.63, 3.8) is 0 Å². The zero-order valence-electron chi connectivity index (χ0n) is 14.2. The number of halogens is 1. The molecule has 1 aliphatic rings. The summed E-state index contributed by atoms with van der Waals surface area (Å²) in [5.41, 5.74) is 1.37. The fourth-order valence-corrected chi connectivity index (χ4v) is 3.07. The number of ether oxygens (including phenoxy) is 1. The number of nitrogens with zero attached hydrogens (tertiary/aromatic N) is 2. The van der Waals surface area contributed by atoms with E-state index >= 15 is 0 Å². The molecule has 1 heterocycles. The Kier molecular flexibility index (Phi) is 6.13. The van der Waals surface area contributed by atoms with Crippen molar-refractivity contribution in [2.45, 2.75) is 12.8 Å². The Hall–Kier alpha value is -1.55. The van der Waals surface area contributed by atoms with Gasteiger partial charge in [-0.2, -0.15) is 0 Å². The van der Waals surface area contributed by atoms with Crippen LogP contribution in [0.1, 0.15) is 12.0 Å². The summed E-state index contributed by atoms with van der Waals surface area (Å²) >= 11 is 5.89. The van der Waals surface area contributed by atoms with E-state index in [2.05, 4.69) is 29.0 Å². The summed E-state index contributed by atoms with van der Waals surface area (Å²) in [4.78, 5) is 4.97. The molecule has 0 aliphatic carbocycles. The Morgan fingerprint density at radius 3 is 2.08 bits per heavy atom. The van der Waals surface area contributed by atoms with Crippen molar-refractivity contribution in [2.75, 3.05) is 39.8 Å². The molecule has 3 rings (SSSR count). The molecule has 4 heteroatoms. The van der Waals surface area contributed by atoms with Gasteiger partial charge in [0.2, 0.25) is 0 Å². The maximum absolute atomic E-state index is 5.89. The zero-order valence-corrected chi connectivity index (χ0v) is 15.0. The van der Waals surface area contributed by atoms with Crippen LogP contribution >= 0.6 is 11.6 Å². The van der Waals surface area contributed by atoms with Crippen LogP contribution in [0.2, 0.25) is 5.02 Å². The minimum atomic E-state index is 0.720. The van der Waals surface area contributed by atoms with Crippen LogP contribution in [0.4, 0.5) is 0 Å². The Morgan fingerprint density at radius 2 is 1.46 bits per heavy atom. The standard InChI is InChI=1S/C20H25ClN2O/c1-22-13-15-23(16-14-22)12-2-3-17-4-8-19(9-5-17)24-20-10-6-18(21)7-11-20/h4-11H,2-3,12-16H2,1H3. The highest BCUT2D eigenvalue weighted by Gasteiger charge is 2.12. The molecule has 0 unspecified atom stereocenters. The number of piperazine rings is 1. The van der Waals surface area contributed by atoms with Gasteiger partial charge in [-0.15, -0.1) is 0 Å². The van der Waals surface area contributed by atoms with Crippen LogP contribution in [0.25, 0.3) is 0 Å². The van der Waals surface area contributed by atoms with Crippen molar-refractivity contribution in [1.82, 2.24) is 9.80 Å². The average molecular weight is 345 g/mol. The van der Waals surface area contributed by atoms with Gasteiger partial charge in [0.15, 0.2) is 0 Å². The van der Waals surface area contributed by atoms with Crippen LogP contribution in [0.15, 0.2) is 48.5 Å². The van der Waals surface area contributed by atoms with E-state index in [-0.39, 0.29) is 0 Å². The molecule has 1 saturated heterocycles. The molecule has 0 aromatic heterocycles. The average Bonchev–Trinajstić information content (AvgIpc) is 2.60. The van der Waals surface area contributed by atoms with Crippen molar-refractivity contribution in [2.24, 2.45) is 0 Å². The summed E-state index contributed by atoms with van der Waals surface area (Å²) in [6.45, 7) is 5.97. The second kappa shape index (κ2) is 8.52. The van der Waals surface area contributed by atoms with Crippen molar-refractivity contribution in [1.29, 1.82) is 0 Å². The van der Waals surface area contributed by atoms with Crippen LogP contribution in [0, 0.1) is 0 Å². The van der Waals surface area contributed by atoms with Gasteiger partial charge in [-0.05, 0) is 68.4 Å². The number of hydrogen-bond acceptors (Lipinski definition) is 3. The largest absolute Gasteiger partial charge is 0.457 e. The second-order valence-corrected chi connectivity index (χ2v) is 6.88. The monoisotopic (exact) mass is 344 g/mol. The van der Waals surface area contributed by atoms with E-state index in [1.54, 1.807) is 0 Å². The third kappa shape index (κ3) is 5.23. The molecule has 0 N–H and O–H groups in total. The van der Waals surface area contributed by atoms with Gasteiger partial charge in [0, 0.05) is 31.2 Å². The number of benzene rings is 2. The van der Waals surface area contributed by atoms with Gasteiger partial charge in [-0.1, -0.05) is 23.7 Å². The molecule has 128 valence electrons. The molecule has 1 aliphatic heterocycles. The molecule has 0 atom stereocenters. The van der Waals surface area contributed by atoms with Crippen LogP contribution in [-0.2, 0) is 6.42 Å². The van der Waals surface area contributed by atoms with E-state index in [0.29, 0.717) is 0 Å². The molecule has 2 aromatic rings. The second-order valence-electron chi connectivity index (χ2n) is 6.45. The summed E-state index contributed by atoms with van der Waals surface area (Å²) in [5.74, 6) is 1.67. The molecule has 3 nitrogen and oxygen atoms in total. The topological polar surface area (TPSA) is 15.7 Å². The van der Waals surface area contributed by atoms with E-state index in [1.165, 1.54) is 44.7 Å². The molecule has 0 bridgehead atoms. The lowest BCUT2D eigenvalue weighted by Gasteiger charge is -2.32.